The summed E-state index contributed by atoms with van der Waals surface area (Å²) in [4.78, 5) is 19.4. The van der Waals surface area contributed by atoms with E-state index in [1.54, 1.807) is 0 Å². The Morgan fingerprint density at radius 3 is 2.92 bits per heavy atom. The van der Waals surface area contributed by atoms with Crippen LogP contribution in [-0.4, -0.2) is 30.0 Å². The largest absolute Gasteiger partial charge is 0.352 e. The first-order valence-corrected chi connectivity index (χ1v) is 9.24. The molecule has 1 aromatic carbocycles. The summed E-state index contributed by atoms with van der Waals surface area (Å²) in [6.45, 7) is 4.99. The molecule has 1 saturated heterocycles. The van der Waals surface area contributed by atoms with E-state index in [1.165, 1.54) is 11.1 Å². The summed E-state index contributed by atoms with van der Waals surface area (Å²) < 4.78 is 0. The molecule has 4 rings (SSSR count). The molecule has 3 N–H and O–H groups in total. The summed E-state index contributed by atoms with van der Waals surface area (Å²) >= 11 is 0. The second kappa shape index (κ2) is 7.43. The molecule has 0 spiro atoms. The van der Waals surface area contributed by atoms with Gasteiger partial charge in [0.2, 0.25) is 5.91 Å². The van der Waals surface area contributed by atoms with Crippen LogP contribution in [0.15, 0.2) is 42.6 Å². The number of hydrogen-bond donors (Lipinski definition) is 3. The number of carbonyl (C=O) groups is 1. The van der Waals surface area contributed by atoms with Crippen molar-refractivity contribution in [2.24, 2.45) is 5.92 Å². The Balaban J connectivity index is 1.46. The minimum Gasteiger partial charge on any atom is -0.352 e. The molecular formula is C20H25N5O. The third kappa shape index (κ3) is 3.43. The number of pyridine rings is 1. The highest BCUT2D eigenvalue weighted by Gasteiger charge is 2.29. The van der Waals surface area contributed by atoms with E-state index in [-0.39, 0.29) is 17.9 Å². The fraction of sp³-hybridized carbons (Fsp3) is 0.400. The van der Waals surface area contributed by atoms with Gasteiger partial charge in [-0.1, -0.05) is 30.3 Å². The minimum absolute atomic E-state index is 0.0445. The van der Waals surface area contributed by atoms with Crippen LogP contribution < -0.4 is 21.1 Å². The van der Waals surface area contributed by atoms with Crippen LogP contribution in [0.25, 0.3) is 0 Å². The fourth-order valence-corrected chi connectivity index (χ4v) is 3.77. The van der Waals surface area contributed by atoms with E-state index in [0.717, 1.165) is 30.9 Å². The van der Waals surface area contributed by atoms with Gasteiger partial charge in [-0.3, -0.25) is 15.6 Å². The number of nitrogens with zero attached hydrogens (tertiary/aromatic N) is 2. The summed E-state index contributed by atoms with van der Waals surface area (Å²) in [7, 11) is 0. The Bertz CT molecular complexity index is 793. The van der Waals surface area contributed by atoms with Gasteiger partial charge < -0.3 is 10.2 Å². The van der Waals surface area contributed by atoms with Crippen molar-refractivity contribution in [3.8, 4) is 0 Å². The van der Waals surface area contributed by atoms with Crippen LogP contribution in [0.2, 0.25) is 0 Å². The lowest BCUT2D eigenvalue weighted by atomic mass is 9.99. The number of nitrogens with one attached hydrogen (secondary N) is 3. The first-order valence-electron chi connectivity index (χ1n) is 9.24. The molecule has 0 saturated carbocycles. The molecule has 1 amide bonds. The molecule has 0 aliphatic carbocycles. The second-order valence-corrected chi connectivity index (χ2v) is 7.06. The van der Waals surface area contributed by atoms with Crippen LogP contribution in [0.3, 0.4) is 0 Å². The van der Waals surface area contributed by atoms with Gasteiger partial charge in [-0.2, -0.15) is 0 Å². The number of anilines is 1. The van der Waals surface area contributed by atoms with E-state index in [2.05, 4.69) is 56.4 Å². The maximum absolute atomic E-state index is 12.5. The van der Waals surface area contributed by atoms with Gasteiger partial charge in [0.1, 0.15) is 5.82 Å². The van der Waals surface area contributed by atoms with Gasteiger partial charge in [0.05, 0.1) is 5.92 Å². The molecule has 6 nitrogen and oxygen atoms in total. The van der Waals surface area contributed by atoms with Crippen LogP contribution in [0.5, 0.6) is 0 Å². The van der Waals surface area contributed by atoms with Crippen molar-refractivity contribution in [1.82, 2.24) is 21.2 Å². The molecule has 2 aromatic rings. The third-order valence-corrected chi connectivity index (χ3v) is 5.34. The molecular weight excluding hydrogens is 326 g/mol. The van der Waals surface area contributed by atoms with Crippen molar-refractivity contribution in [3.63, 3.8) is 0 Å². The zero-order chi connectivity index (χ0) is 17.9. The van der Waals surface area contributed by atoms with Crippen LogP contribution in [0.1, 0.15) is 23.6 Å². The van der Waals surface area contributed by atoms with Crippen molar-refractivity contribution in [2.75, 3.05) is 18.0 Å². The lowest BCUT2D eigenvalue weighted by Crippen LogP contribution is -2.38. The molecule has 136 valence electrons. The number of fused-ring (bicyclic) bond motifs is 1. The number of rotatable bonds is 4. The minimum atomic E-state index is -0.0445. The Labute approximate surface area is 154 Å². The predicted molar refractivity (Wildman–Crippen MR) is 101 cm³/mol. The molecule has 2 aliphatic rings. The van der Waals surface area contributed by atoms with Crippen LogP contribution in [-0.2, 0) is 24.3 Å². The van der Waals surface area contributed by atoms with E-state index in [4.69, 9.17) is 0 Å². The highest BCUT2D eigenvalue weighted by molar-refractivity contribution is 5.80. The molecule has 0 radical (unpaired) electrons. The van der Waals surface area contributed by atoms with Gasteiger partial charge in [0.15, 0.2) is 0 Å². The Hall–Kier alpha value is -2.44. The number of hydrogen-bond acceptors (Lipinski definition) is 5. The number of carbonyl (C=O) groups excluding carboxylic acids is 1. The second-order valence-electron chi connectivity index (χ2n) is 7.06. The zero-order valence-corrected chi connectivity index (χ0v) is 15.0. The third-order valence-electron chi connectivity index (χ3n) is 5.34. The van der Waals surface area contributed by atoms with Crippen molar-refractivity contribution < 1.29 is 4.79 Å². The topological polar surface area (TPSA) is 69.3 Å². The summed E-state index contributed by atoms with van der Waals surface area (Å²) in [6, 6.07) is 12.7. The molecule has 1 aromatic heterocycles. The molecule has 0 bridgehead atoms. The van der Waals surface area contributed by atoms with E-state index < -0.39 is 0 Å². The first kappa shape index (κ1) is 17.0. The van der Waals surface area contributed by atoms with Crippen LogP contribution in [0.4, 0.5) is 5.82 Å². The maximum Gasteiger partial charge on any atom is 0.226 e. The number of amides is 1. The Kier molecular flexibility index (Phi) is 4.86. The summed E-state index contributed by atoms with van der Waals surface area (Å²) in [5, 5.41) is 3.08. The van der Waals surface area contributed by atoms with Crippen molar-refractivity contribution in [3.05, 3.63) is 59.3 Å². The van der Waals surface area contributed by atoms with Gasteiger partial charge in [0, 0.05) is 44.0 Å². The van der Waals surface area contributed by atoms with Crippen LogP contribution >= 0.6 is 0 Å². The molecule has 26 heavy (non-hydrogen) atoms. The van der Waals surface area contributed by atoms with Crippen molar-refractivity contribution in [2.45, 2.75) is 32.5 Å². The van der Waals surface area contributed by atoms with Crippen molar-refractivity contribution in [1.29, 1.82) is 0 Å². The quantitative estimate of drug-likeness (QED) is 0.776. The van der Waals surface area contributed by atoms with Gasteiger partial charge in [0.25, 0.3) is 0 Å². The Morgan fingerprint density at radius 1 is 1.27 bits per heavy atom. The normalized spacial score (nSPS) is 22.1. The fourth-order valence-electron chi connectivity index (χ4n) is 3.77. The molecule has 6 heteroatoms. The smallest absolute Gasteiger partial charge is 0.226 e. The number of benzene rings is 1. The number of hydrazine groups is 1. The molecule has 1 fully saturated rings. The number of aromatic nitrogens is 1. The van der Waals surface area contributed by atoms with Gasteiger partial charge in [-0.05, 0) is 30.5 Å². The van der Waals surface area contributed by atoms with Crippen LogP contribution in [0, 0.1) is 5.92 Å². The molecule has 2 aliphatic heterocycles. The van der Waals surface area contributed by atoms with Gasteiger partial charge in [-0.25, -0.2) is 4.98 Å². The van der Waals surface area contributed by atoms with E-state index in [0.29, 0.717) is 13.1 Å². The summed E-state index contributed by atoms with van der Waals surface area (Å²) in [5.41, 5.74) is 9.97. The average Bonchev–Trinajstić information content (AvgIpc) is 3.12. The monoisotopic (exact) mass is 351 g/mol. The molecule has 2 atom stereocenters. The summed E-state index contributed by atoms with van der Waals surface area (Å²) in [5.74, 6) is 1.00. The lowest BCUT2D eigenvalue weighted by Gasteiger charge is -2.31. The van der Waals surface area contributed by atoms with E-state index >= 15 is 0 Å². The standard InChI is InChI=1S/C20H25N5O/c1-14-18(12-23-24-14)20(26)22-11-16-7-4-9-21-19(16)25-10-8-15-5-2-3-6-17(15)13-25/h2-7,9,14,18,23-24H,8,10-13H2,1H3,(H,22,26). The van der Waals surface area contributed by atoms with E-state index in [1.807, 2.05) is 19.2 Å². The summed E-state index contributed by atoms with van der Waals surface area (Å²) in [6.07, 6.45) is 2.85. The van der Waals surface area contributed by atoms with E-state index in [9.17, 15) is 4.79 Å². The Morgan fingerprint density at radius 2 is 2.12 bits per heavy atom. The predicted octanol–water partition coefficient (Wildman–Crippen LogP) is 1.37. The molecule has 2 unspecified atom stereocenters. The van der Waals surface area contributed by atoms with Gasteiger partial charge in [-0.15, -0.1) is 0 Å². The first-order chi connectivity index (χ1) is 12.7. The molecule has 3 heterocycles. The maximum atomic E-state index is 12.5. The zero-order valence-electron chi connectivity index (χ0n) is 15.0. The van der Waals surface area contributed by atoms with Crippen molar-refractivity contribution >= 4 is 11.7 Å². The lowest BCUT2D eigenvalue weighted by molar-refractivity contribution is -0.124. The average molecular weight is 351 g/mol. The van der Waals surface area contributed by atoms with Gasteiger partial charge >= 0.3 is 0 Å². The SMILES string of the molecule is CC1NNCC1C(=O)NCc1cccnc1N1CCc2ccccc2C1. The highest BCUT2D eigenvalue weighted by Crippen LogP contribution is 2.25. The highest BCUT2D eigenvalue weighted by atomic mass is 16.2.